The number of aryl methyl sites for hydroxylation is 1. The van der Waals surface area contributed by atoms with Crippen LogP contribution in [-0.2, 0) is 24.4 Å². The summed E-state index contributed by atoms with van der Waals surface area (Å²) in [6.07, 6.45) is 13.2. The molecule has 5 nitrogen and oxygen atoms in total. The average Bonchev–Trinajstić information content (AvgIpc) is 3.37. The van der Waals surface area contributed by atoms with E-state index in [1.165, 1.54) is 48.9 Å². The van der Waals surface area contributed by atoms with Crippen LogP contribution in [0.4, 0.5) is 5.69 Å². The Balaban J connectivity index is 1.55. The number of anilines is 1. The number of hydrogen-bond donors (Lipinski definition) is 0. The minimum Gasteiger partial charge on any atom is -0.367 e. The van der Waals surface area contributed by atoms with E-state index < -0.39 is 0 Å². The number of nitrogens with zero attached hydrogens (tertiary/aromatic N) is 4. The predicted molar refractivity (Wildman–Crippen MR) is 134 cm³/mol. The summed E-state index contributed by atoms with van der Waals surface area (Å²) in [7, 11) is 0. The van der Waals surface area contributed by atoms with Crippen LogP contribution in [0.25, 0.3) is 0 Å². The molecule has 0 saturated carbocycles. The number of hydrogen-bond acceptors (Lipinski definition) is 3. The third kappa shape index (κ3) is 6.95. The van der Waals surface area contributed by atoms with Crippen molar-refractivity contribution in [3.05, 3.63) is 84.4 Å². The Bertz CT molecular complexity index is 971. The molecule has 0 spiro atoms. The van der Waals surface area contributed by atoms with E-state index in [1.807, 2.05) is 10.8 Å². The zero-order valence-electron chi connectivity index (χ0n) is 19.6. The zero-order valence-corrected chi connectivity index (χ0v) is 19.6. The van der Waals surface area contributed by atoms with Crippen molar-refractivity contribution in [2.45, 2.75) is 64.6 Å². The first-order valence-electron chi connectivity index (χ1n) is 12.4. The monoisotopic (exact) mass is 444 g/mol. The molecule has 0 aliphatic carbocycles. The zero-order chi connectivity index (χ0) is 22.7. The molecular formula is C28H36N4O. The minimum absolute atomic E-state index is 0.225. The van der Waals surface area contributed by atoms with Gasteiger partial charge in [0.25, 0.3) is 0 Å². The van der Waals surface area contributed by atoms with Crippen LogP contribution in [-0.4, -0.2) is 33.4 Å². The molecule has 5 heteroatoms. The molecular weight excluding hydrogens is 408 g/mol. The number of aromatic nitrogens is 2. The minimum atomic E-state index is 0.225. The van der Waals surface area contributed by atoms with Crippen molar-refractivity contribution in [1.82, 2.24) is 14.5 Å². The second-order valence-corrected chi connectivity index (χ2v) is 9.02. The van der Waals surface area contributed by atoms with Crippen molar-refractivity contribution in [3.63, 3.8) is 0 Å². The van der Waals surface area contributed by atoms with Crippen molar-refractivity contribution in [1.29, 1.82) is 0 Å². The molecule has 1 aromatic heterocycles. The lowest BCUT2D eigenvalue weighted by Crippen LogP contribution is -2.33. The van der Waals surface area contributed by atoms with Gasteiger partial charge in [-0.05, 0) is 30.0 Å². The van der Waals surface area contributed by atoms with Crippen LogP contribution in [0.2, 0.25) is 0 Å². The lowest BCUT2D eigenvalue weighted by atomic mass is 10.1. The standard InChI is InChI=1S/C28H36N4O/c33-28(16-20-30-21-17-29-24-30)32-19-11-4-2-1-3-10-18-31(22-25-12-6-5-7-13-25)27-15-9-8-14-26(27)23-32/h5-9,12-15,17,21,24H,1-4,10-11,16,18-20,22-23H2. The Labute approximate surface area is 198 Å². The van der Waals surface area contributed by atoms with Crippen LogP contribution in [0.5, 0.6) is 0 Å². The lowest BCUT2D eigenvalue weighted by molar-refractivity contribution is -0.132. The van der Waals surface area contributed by atoms with Crippen molar-refractivity contribution in [3.8, 4) is 0 Å². The van der Waals surface area contributed by atoms with Gasteiger partial charge in [-0.15, -0.1) is 0 Å². The second kappa shape index (κ2) is 12.2. The number of carbonyl (C=O) groups excluding carboxylic acids is 1. The maximum Gasteiger partial charge on any atom is 0.224 e. The van der Waals surface area contributed by atoms with E-state index in [1.54, 1.807) is 12.5 Å². The molecule has 3 aromatic rings. The fraction of sp³-hybridized carbons (Fsp3) is 0.429. The van der Waals surface area contributed by atoms with Gasteiger partial charge < -0.3 is 14.4 Å². The summed E-state index contributed by atoms with van der Waals surface area (Å²) >= 11 is 0. The van der Waals surface area contributed by atoms with Gasteiger partial charge in [-0.3, -0.25) is 4.79 Å². The van der Waals surface area contributed by atoms with Crippen LogP contribution in [0.1, 0.15) is 56.1 Å². The first kappa shape index (κ1) is 23.1. The molecule has 0 N–H and O–H groups in total. The van der Waals surface area contributed by atoms with Gasteiger partial charge in [0.1, 0.15) is 0 Å². The molecule has 174 valence electrons. The van der Waals surface area contributed by atoms with Gasteiger partial charge in [0, 0.05) is 57.2 Å². The van der Waals surface area contributed by atoms with E-state index in [0.717, 1.165) is 26.1 Å². The van der Waals surface area contributed by atoms with E-state index in [0.29, 0.717) is 19.5 Å². The van der Waals surface area contributed by atoms with Crippen molar-refractivity contribution >= 4 is 11.6 Å². The average molecular weight is 445 g/mol. The largest absolute Gasteiger partial charge is 0.367 e. The van der Waals surface area contributed by atoms with E-state index in [4.69, 9.17) is 0 Å². The maximum atomic E-state index is 13.2. The molecule has 4 rings (SSSR count). The number of para-hydroxylation sites is 1. The molecule has 1 aliphatic heterocycles. The lowest BCUT2D eigenvalue weighted by Gasteiger charge is -2.30. The van der Waals surface area contributed by atoms with Crippen LogP contribution in [0.15, 0.2) is 73.3 Å². The highest BCUT2D eigenvalue weighted by Crippen LogP contribution is 2.26. The summed E-state index contributed by atoms with van der Waals surface area (Å²) in [5.41, 5.74) is 3.82. The highest BCUT2D eigenvalue weighted by molar-refractivity contribution is 5.76. The molecule has 1 aliphatic rings. The summed E-state index contributed by atoms with van der Waals surface area (Å²) in [6.45, 7) is 4.12. The Morgan fingerprint density at radius 3 is 2.36 bits per heavy atom. The van der Waals surface area contributed by atoms with Gasteiger partial charge in [0.2, 0.25) is 5.91 Å². The Morgan fingerprint density at radius 1 is 0.848 bits per heavy atom. The highest BCUT2D eigenvalue weighted by atomic mass is 16.2. The van der Waals surface area contributed by atoms with E-state index in [9.17, 15) is 4.79 Å². The second-order valence-electron chi connectivity index (χ2n) is 9.02. The van der Waals surface area contributed by atoms with Crippen molar-refractivity contribution in [2.75, 3.05) is 18.0 Å². The third-order valence-corrected chi connectivity index (χ3v) is 6.51. The van der Waals surface area contributed by atoms with Gasteiger partial charge in [0.15, 0.2) is 0 Å². The summed E-state index contributed by atoms with van der Waals surface area (Å²) in [6, 6.07) is 19.4. The number of rotatable bonds is 5. The van der Waals surface area contributed by atoms with Gasteiger partial charge in [-0.25, -0.2) is 4.98 Å². The van der Waals surface area contributed by atoms with E-state index in [2.05, 4.69) is 69.4 Å². The summed E-state index contributed by atoms with van der Waals surface area (Å²) in [5.74, 6) is 0.225. The quantitative estimate of drug-likeness (QED) is 0.510. The van der Waals surface area contributed by atoms with E-state index >= 15 is 0 Å². The molecule has 0 bridgehead atoms. The molecule has 0 saturated heterocycles. The third-order valence-electron chi connectivity index (χ3n) is 6.51. The van der Waals surface area contributed by atoms with Crippen LogP contribution in [0, 0.1) is 0 Å². The molecule has 1 amide bonds. The topological polar surface area (TPSA) is 41.4 Å². The van der Waals surface area contributed by atoms with Gasteiger partial charge in [0.05, 0.1) is 6.33 Å². The van der Waals surface area contributed by atoms with Crippen LogP contribution in [0.3, 0.4) is 0 Å². The molecule has 0 atom stereocenters. The summed E-state index contributed by atoms with van der Waals surface area (Å²) < 4.78 is 1.98. The molecule has 0 unspecified atom stereocenters. The SMILES string of the molecule is O=C(CCn1ccnc1)N1CCCCCCCCN(Cc2ccccc2)c2ccccc2C1. The van der Waals surface area contributed by atoms with Crippen molar-refractivity contribution in [2.24, 2.45) is 0 Å². The van der Waals surface area contributed by atoms with Gasteiger partial charge in [-0.1, -0.05) is 74.2 Å². The number of carbonyl (C=O) groups is 1. The fourth-order valence-corrected chi connectivity index (χ4v) is 4.65. The molecule has 2 aromatic carbocycles. The number of amides is 1. The molecule has 0 fully saturated rings. The first-order valence-corrected chi connectivity index (χ1v) is 12.4. The van der Waals surface area contributed by atoms with Crippen LogP contribution >= 0.6 is 0 Å². The molecule has 0 radical (unpaired) electrons. The molecule has 33 heavy (non-hydrogen) atoms. The Kier molecular flexibility index (Phi) is 8.56. The number of imidazole rings is 1. The van der Waals surface area contributed by atoms with Gasteiger partial charge >= 0.3 is 0 Å². The van der Waals surface area contributed by atoms with Gasteiger partial charge in [-0.2, -0.15) is 0 Å². The highest BCUT2D eigenvalue weighted by Gasteiger charge is 2.18. The van der Waals surface area contributed by atoms with E-state index in [-0.39, 0.29) is 5.91 Å². The number of fused-ring (bicyclic) bond motifs is 1. The molecule has 2 heterocycles. The first-order chi connectivity index (χ1) is 16.3. The Hall–Kier alpha value is -3.08. The van der Waals surface area contributed by atoms with Crippen molar-refractivity contribution < 1.29 is 4.79 Å². The predicted octanol–water partition coefficient (Wildman–Crippen LogP) is 5.66. The maximum absolute atomic E-state index is 13.2. The summed E-state index contributed by atoms with van der Waals surface area (Å²) in [4.78, 5) is 21.9. The summed E-state index contributed by atoms with van der Waals surface area (Å²) in [5, 5.41) is 0. The Morgan fingerprint density at radius 2 is 1.58 bits per heavy atom. The fourth-order valence-electron chi connectivity index (χ4n) is 4.65. The number of benzene rings is 2. The van der Waals surface area contributed by atoms with Crippen LogP contribution < -0.4 is 4.90 Å². The smallest absolute Gasteiger partial charge is 0.224 e. The normalized spacial score (nSPS) is 15.8.